The zero-order chi connectivity index (χ0) is 15.5. The van der Waals surface area contributed by atoms with Crippen LogP contribution in [0.15, 0.2) is 54.6 Å². The van der Waals surface area contributed by atoms with Crippen LogP contribution in [0.3, 0.4) is 0 Å². The van der Waals surface area contributed by atoms with Crippen LogP contribution >= 0.6 is 0 Å². The predicted octanol–water partition coefficient (Wildman–Crippen LogP) is 3.78. The van der Waals surface area contributed by atoms with E-state index in [2.05, 4.69) is 0 Å². The average Bonchev–Trinajstić information content (AvgIpc) is 2.54. The fourth-order valence-corrected chi connectivity index (χ4v) is 2.94. The van der Waals surface area contributed by atoms with Gasteiger partial charge in [0.15, 0.2) is 0 Å². The lowest BCUT2D eigenvalue weighted by atomic mass is 9.70. The molecule has 0 aliphatic heterocycles. The average molecular weight is 284 g/mol. The zero-order valence-corrected chi connectivity index (χ0v) is 13.0. The van der Waals surface area contributed by atoms with Crippen LogP contribution in [-0.2, 0) is 5.60 Å². The van der Waals surface area contributed by atoms with Crippen LogP contribution in [-0.4, -0.2) is 15.8 Å². The summed E-state index contributed by atoms with van der Waals surface area (Å²) in [5.41, 5.74) is -0.0361. The SMILES string of the molecule is CCC(O)(CC)C(O)(c1ccccc1)c1ccc(C)cc1. The lowest BCUT2D eigenvalue weighted by molar-refractivity contribution is -0.137. The first-order valence-electron chi connectivity index (χ1n) is 7.55. The molecule has 0 aromatic heterocycles. The highest BCUT2D eigenvalue weighted by Crippen LogP contribution is 2.43. The molecular formula is C19H24O2. The Labute approximate surface area is 127 Å². The van der Waals surface area contributed by atoms with Gasteiger partial charge in [0.1, 0.15) is 11.2 Å². The summed E-state index contributed by atoms with van der Waals surface area (Å²) >= 11 is 0. The molecule has 2 rings (SSSR count). The maximum absolute atomic E-state index is 11.5. The van der Waals surface area contributed by atoms with Crippen molar-refractivity contribution in [2.24, 2.45) is 0 Å². The predicted molar refractivity (Wildman–Crippen MR) is 86.2 cm³/mol. The van der Waals surface area contributed by atoms with E-state index in [4.69, 9.17) is 0 Å². The molecule has 0 spiro atoms. The summed E-state index contributed by atoms with van der Waals surface area (Å²) in [6, 6.07) is 17.2. The molecule has 2 N–H and O–H groups in total. The van der Waals surface area contributed by atoms with Crippen LogP contribution in [0.4, 0.5) is 0 Å². The van der Waals surface area contributed by atoms with Crippen LogP contribution in [0, 0.1) is 6.92 Å². The summed E-state index contributed by atoms with van der Waals surface area (Å²) in [6.07, 6.45) is 0.950. The van der Waals surface area contributed by atoms with E-state index in [1.807, 2.05) is 75.4 Å². The summed E-state index contributed by atoms with van der Waals surface area (Å²) in [6.45, 7) is 5.83. The molecule has 0 aliphatic rings. The number of aryl methyl sites for hydroxylation is 1. The molecule has 1 atom stereocenters. The van der Waals surface area contributed by atoms with E-state index in [1.165, 1.54) is 0 Å². The topological polar surface area (TPSA) is 40.5 Å². The summed E-state index contributed by atoms with van der Waals surface area (Å²) in [5.74, 6) is 0. The van der Waals surface area contributed by atoms with E-state index in [-0.39, 0.29) is 0 Å². The van der Waals surface area contributed by atoms with Crippen molar-refractivity contribution in [1.82, 2.24) is 0 Å². The minimum absolute atomic E-state index is 0.475. The highest BCUT2D eigenvalue weighted by molar-refractivity contribution is 5.40. The Hall–Kier alpha value is -1.64. The number of hydrogen-bond donors (Lipinski definition) is 2. The lowest BCUT2D eigenvalue weighted by Crippen LogP contribution is -2.52. The largest absolute Gasteiger partial charge is 0.386 e. The Morgan fingerprint density at radius 2 is 1.24 bits per heavy atom. The molecule has 0 radical (unpaired) electrons. The molecule has 1 unspecified atom stereocenters. The zero-order valence-electron chi connectivity index (χ0n) is 13.0. The molecule has 2 nitrogen and oxygen atoms in total. The molecule has 112 valence electrons. The Kier molecular flexibility index (Phi) is 4.50. The van der Waals surface area contributed by atoms with Crippen LogP contribution in [0.1, 0.15) is 43.4 Å². The van der Waals surface area contributed by atoms with Crippen molar-refractivity contribution in [3.05, 3.63) is 71.3 Å². The van der Waals surface area contributed by atoms with Gasteiger partial charge in [-0.25, -0.2) is 0 Å². The summed E-state index contributed by atoms with van der Waals surface area (Å²) in [5, 5.41) is 22.6. The van der Waals surface area contributed by atoms with Crippen LogP contribution in [0.2, 0.25) is 0 Å². The Morgan fingerprint density at radius 3 is 1.71 bits per heavy atom. The second kappa shape index (κ2) is 6.00. The molecule has 0 saturated heterocycles. The molecule has 0 bridgehead atoms. The summed E-state index contributed by atoms with van der Waals surface area (Å²) in [7, 11) is 0. The Balaban J connectivity index is 2.67. The number of benzene rings is 2. The normalized spacial score (nSPS) is 14.7. The molecule has 0 aliphatic carbocycles. The van der Waals surface area contributed by atoms with Crippen molar-refractivity contribution in [2.75, 3.05) is 0 Å². The van der Waals surface area contributed by atoms with E-state index >= 15 is 0 Å². The highest BCUT2D eigenvalue weighted by atomic mass is 16.4. The van der Waals surface area contributed by atoms with Gasteiger partial charge in [0, 0.05) is 0 Å². The van der Waals surface area contributed by atoms with Gasteiger partial charge < -0.3 is 10.2 Å². The summed E-state index contributed by atoms with van der Waals surface area (Å²) < 4.78 is 0. The molecule has 0 saturated carbocycles. The molecule has 0 heterocycles. The Morgan fingerprint density at radius 1 is 0.762 bits per heavy atom. The minimum atomic E-state index is -1.41. The van der Waals surface area contributed by atoms with Crippen LogP contribution < -0.4 is 0 Å². The van der Waals surface area contributed by atoms with Gasteiger partial charge in [-0.05, 0) is 30.9 Å². The van der Waals surface area contributed by atoms with Crippen molar-refractivity contribution < 1.29 is 10.2 Å². The van der Waals surface area contributed by atoms with E-state index in [0.717, 1.165) is 16.7 Å². The molecule has 2 aromatic rings. The smallest absolute Gasteiger partial charge is 0.143 e. The van der Waals surface area contributed by atoms with Gasteiger partial charge in [0.05, 0.1) is 0 Å². The second-order valence-electron chi connectivity index (χ2n) is 5.68. The molecular weight excluding hydrogens is 260 g/mol. The third-order valence-corrected chi connectivity index (χ3v) is 4.50. The third kappa shape index (κ3) is 2.61. The fraction of sp³-hybridized carbons (Fsp3) is 0.368. The van der Waals surface area contributed by atoms with Gasteiger partial charge in [-0.15, -0.1) is 0 Å². The van der Waals surface area contributed by atoms with E-state index in [9.17, 15) is 10.2 Å². The van der Waals surface area contributed by atoms with Crippen molar-refractivity contribution in [3.8, 4) is 0 Å². The van der Waals surface area contributed by atoms with Gasteiger partial charge in [-0.1, -0.05) is 74.0 Å². The molecule has 0 fully saturated rings. The quantitative estimate of drug-likeness (QED) is 0.877. The second-order valence-corrected chi connectivity index (χ2v) is 5.68. The van der Waals surface area contributed by atoms with Crippen molar-refractivity contribution in [1.29, 1.82) is 0 Å². The van der Waals surface area contributed by atoms with Crippen molar-refractivity contribution in [3.63, 3.8) is 0 Å². The van der Waals surface area contributed by atoms with Gasteiger partial charge in [-0.2, -0.15) is 0 Å². The van der Waals surface area contributed by atoms with Crippen LogP contribution in [0.5, 0.6) is 0 Å². The van der Waals surface area contributed by atoms with Crippen molar-refractivity contribution in [2.45, 2.75) is 44.8 Å². The number of rotatable bonds is 5. The van der Waals surface area contributed by atoms with E-state index in [1.54, 1.807) is 0 Å². The van der Waals surface area contributed by atoms with E-state index < -0.39 is 11.2 Å². The monoisotopic (exact) mass is 284 g/mol. The van der Waals surface area contributed by atoms with Crippen LogP contribution in [0.25, 0.3) is 0 Å². The van der Waals surface area contributed by atoms with E-state index in [0.29, 0.717) is 12.8 Å². The lowest BCUT2D eigenvalue weighted by Gasteiger charge is -2.43. The first-order chi connectivity index (χ1) is 9.98. The maximum Gasteiger partial charge on any atom is 0.143 e. The van der Waals surface area contributed by atoms with Gasteiger partial charge in [0.25, 0.3) is 0 Å². The summed E-state index contributed by atoms with van der Waals surface area (Å²) in [4.78, 5) is 0. The molecule has 0 amide bonds. The van der Waals surface area contributed by atoms with Crippen molar-refractivity contribution >= 4 is 0 Å². The third-order valence-electron chi connectivity index (χ3n) is 4.50. The molecule has 2 heteroatoms. The Bertz CT molecular complexity index is 570. The minimum Gasteiger partial charge on any atom is -0.386 e. The molecule has 21 heavy (non-hydrogen) atoms. The highest BCUT2D eigenvalue weighted by Gasteiger charge is 2.49. The van der Waals surface area contributed by atoms with Gasteiger partial charge in [-0.3, -0.25) is 0 Å². The first-order valence-corrected chi connectivity index (χ1v) is 7.55. The number of aliphatic hydroxyl groups is 2. The molecule has 2 aromatic carbocycles. The van der Waals surface area contributed by atoms with Gasteiger partial charge >= 0.3 is 0 Å². The number of hydrogen-bond acceptors (Lipinski definition) is 2. The van der Waals surface area contributed by atoms with Gasteiger partial charge in [0.2, 0.25) is 0 Å². The maximum atomic E-state index is 11.5. The first kappa shape index (κ1) is 15.7. The fourth-order valence-electron chi connectivity index (χ4n) is 2.94. The standard InChI is InChI=1S/C19H24O2/c1-4-18(20,5-2)19(21,16-9-7-6-8-10-16)17-13-11-15(3)12-14-17/h6-14,20-21H,4-5H2,1-3H3.